The maximum atomic E-state index is 13.7. The number of halogens is 1. The summed E-state index contributed by atoms with van der Waals surface area (Å²) >= 11 is 0. The molecule has 0 aromatic heterocycles. The van der Waals surface area contributed by atoms with Crippen LogP contribution >= 0.6 is 0 Å². The summed E-state index contributed by atoms with van der Waals surface area (Å²) in [6.45, 7) is 2.76. The van der Waals surface area contributed by atoms with Gasteiger partial charge in [-0.25, -0.2) is 9.18 Å². The van der Waals surface area contributed by atoms with E-state index in [0.717, 1.165) is 12.8 Å². The minimum atomic E-state index is -0.378. The molecule has 0 aliphatic carbocycles. The fraction of sp³-hybridized carbons (Fsp3) is 0.438. The van der Waals surface area contributed by atoms with Crippen molar-refractivity contribution in [2.24, 2.45) is 0 Å². The summed E-state index contributed by atoms with van der Waals surface area (Å²) < 4.78 is 13.7. The number of nitrogens with one attached hydrogen (secondary N) is 2. The van der Waals surface area contributed by atoms with E-state index in [1.54, 1.807) is 12.1 Å². The van der Waals surface area contributed by atoms with Gasteiger partial charge in [-0.2, -0.15) is 0 Å². The summed E-state index contributed by atoms with van der Waals surface area (Å²) in [7, 11) is 0. The van der Waals surface area contributed by atoms with Crippen LogP contribution in [0.25, 0.3) is 0 Å². The third kappa shape index (κ3) is 6.77. The summed E-state index contributed by atoms with van der Waals surface area (Å²) in [4.78, 5) is 11.5. The van der Waals surface area contributed by atoms with E-state index < -0.39 is 0 Å². The Morgan fingerprint density at radius 1 is 1.38 bits per heavy atom. The summed E-state index contributed by atoms with van der Waals surface area (Å²) in [6.07, 6.45) is 2.30. The van der Waals surface area contributed by atoms with E-state index in [-0.39, 0.29) is 25.0 Å². The van der Waals surface area contributed by atoms with Crippen LogP contribution in [-0.4, -0.2) is 24.3 Å². The molecular formula is C16H21FN2O2. The highest BCUT2D eigenvalue weighted by molar-refractivity contribution is 5.73. The van der Waals surface area contributed by atoms with Gasteiger partial charge in [-0.3, -0.25) is 0 Å². The van der Waals surface area contributed by atoms with E-state index in [4.69, 9.17) is 5.11 Å². The van der Waals surface area contributed by atoms with Crippen molar-refractivity contribution in [1.29, 1.82) is 0 Å². The second kappa shape index (κ2) is 9.78. The van der Waals surface area contributed by atoms with Crippen LogP contribution in [0.3, 0.4) is 0 Å². The Labute approximate surface area is 124 Å². The Morgan fingerprint density at radius 3 is 2.90 bits per heavy atom. The van der Waals surface area contributed by atoms with Crippen LogP contribution in [0.4, 0.5) is 9.18 Å². The molecule has 0 fully saturated rings. The normalized spacial score (nSPS) is 9.67. The van der Waals surface area contributed by atoms with Gasteiger partial charge >= 0.3 is 6.03 Å². The molecule has 0 aliphatic heterocycles. The zero-order valence-electron chi connectivity index (χ0n) is 12.2. The molecule has 0 aliphatic rings. The zero-order chi connectivity index (χ0) is 15.5. The molecule has 0 saturated carbocycles. The molecule has 5 heteroatoms. The highest BCUT2D eigenvalue weighted by atomic mass is 19.1. The van der Waals surface area contributed by atoms with E-state index in [1.807, 2.05) is 6.92 Å². The molecule has 114 valence electrons. The topological polar surface area (TPSA) is 61.4 Å². The van der Waals surface area contributed by atoms with E-state index >= 15 is 0 Å². The summed E-state index contributed by atoms with van der Waals surface area (Å²) in [6, 6.07) is 4.20. The van der Waals surface area contributed by atoms with Crippen LogP contribution in [0.5, 0.6) is 0 Å². The molecule has 0 atom stereocenters. The van der Waals surface area contributed by atoms with Gasteiger partial charge in [-0.15, -0.1) is 0 Å². The van der Waals surface area contributed by atoms with Crippen molar-refractivity contribution < 1.29 is 14.3 Å². The first-order valence-corrected chi connectivity index (χ1v) is 7.07. The minimum absolute atomic E-state index is 0.000534. The standard InChI is InChI=1S/C16H21FN2O2/c1-2-3-9-18-16(21)19-12-14-11-13(6-4-5-10-20)7-8-15(14)17/h7-8,11,20H,2-3,5,9-10,12H2,1H3,(H2,18,19,21). The van der Waals surface area contributed by atoms with E-state index in [1.165, 1.54) is 6.07 Å². The fourth-order valence-electron chi connectivity index (χ4n) is 1.63. The van der Waals surface area contributed by atoms with Crippen LogP contribution in [-0.2, 0) is 6.54 Å². The highest BCUT2D eigenvalue weighted by Gasteiger charge is 2.05. The molecule has 1 aromatic rings. The molecular weight excluding hydrogens is 271 g/mol. The first kappa shape index (κ1) is 17.0. The largest absolute Gasteiger partial charge is 0.395 e. The number of carbonyl (C=O) groups is 1. The van der Waals surface area contributed by atoms with Gasteiger partial charge in [0.25, 0.3) is 0 Å². The summed E-state index contributed by atoms with van der Waals surface area (Å²) in [5, 5.41) is 14.0. The molecule has 0 saturated heterocycles. The van der Waals surface area contributed by atoms with Crippen LogP contribution < -0.4 is 10.6 Å². The lowest BCUT2D eigenvalue weighted by molar-refractivity contribution is 0.240. The first-order valence-electron chi connectivity index (χ1n) is 7.07. The number of unbranched alkanes of at least 4 members (excludes halogenated alkanes) is 1. The Morgan fingerprint density at radius 2 is 2.19 bits per heavy atom. The molecule has 0 bridgehead atoms. The monoisotopic (exact) mass is 292 g/mol. The smallest absolute Gasteiger partial charge is 0.315 e. The van der Waals surface area contributed by atoms with Crippen molar-refractivity contribution in [1.82, 2.24) is 10.6 Å². The number of urea groups is 1. The lowest BCUT2D eigenvalue weighted by atomic mass is 10.1. The number of aliphatic hydroxyl groups excluding tert-OH is 1. The molecule has 21 heavy (non-hydrogen) atoms. The average Bonchev–Trinajstić information content (AvgIpc) is 2.48. The molecule has 0 heterocycles. The Hall–Kier alpha value is -2.06. The third-order valence-corrected chi connectivity index (χ3v) is 2.77. The van der Waals surface area contributed by atoms with Crippen molar-refractivity contribution in [3.8, 4) is 11.8 Å². The van der Waals surface area contributed by atoms with Crippen LogP contribution in [0.2, 0.25) is 0 Å². The van der Waals surface area contributed by atoms with Gasteiger partial charge in [0.15, 0.2) is 0 Å². The van der Waals surface area contributed by atoms with Crippen molar-refractivity contribution in [2.75, 3.05) is 13.2 Å². The van der Waals surface area contributed by atoms with Gasteiger partial charge in [0.2, 0.25) is 0 Å². The van der Waals surface area contributed by atoms with Crippen LogP contribution in [0.1, 0.15) is 37.3 Å². The van der Waals surface area contributed by atoms with Gasteiger partial charge in [-0.05, 0) is 24.6 Å². The predicted octanol–water partition coefficient (Wildman–Crippen LogP) is 2.16. The second-order valence-corrected chi connectivity index (χ2v) is 4.54. The van der Waals surface area contributed by atoms with E-state index in [2.05, 4.69) is 22.5 Å². The van der Waals surface area contributed by atoms with Gasteiger partial charge in [-0.1, -0.05) is 25.2 Å². The lowest BCUT2D eigenvalue weighted by Crippen LogP contribution is -2.35. The number of benzene rings is 1. The fourth-order valence-corrected chi connectivity index (χ4v) is 1.63. The predicted molar refractivity (Wildman–Crippen MR) is 80.1 cm³/mol. The molecule has 4 nitrogen and oxygen atoms in total. The van der Waals surface area contributed by atoms with E-state index in [9.17, 15) is 9.18 Å². The van der Waals surface area contributed by atoms with Crippen molar-refractivity contribution in [3.63, 3.8) is 0 Å². The zero-order valence-corrected chi connectivity index (χ0v) is 12.2. The number of aliphatic hydroxyl groups is 1. The summed E-state index contributed by atoms with van der Waals surface area (Å²) in [5.41, 5.74) is 1.05. The van der Waals surface area contributed by atoms with Gasteiger partial charge in [0, 0.05) is 30.6 Å². The SMILES string of the molecule is CCCCNC(=O)NCc1cc(C#CCCO)ccc1F. The van der Waals surface area contributed by atoms with Crippen molar-refractivity contribution in [2.45, 2.75) is 32.7 Å². The average molecular weight is 292 g/mol. The number of amides is 2. The molecule has 2 amide bonds. The van der Waals surface area contributed by atoms with Crippen molar-refractivity contribution >= 4 is 6.03 Å². The molecule has 0 unspecified atom stereocenters. The Balaban J connectivity index is 2.56. The maximum Gasteiger partial charge on any atom is 0.315 e. The lowest BCUT2D eigenvalue weighted by Gasteiger charge is -2.08. The van der Waals surface area contributed by atoms with Gasteiger partial charge < -0.3 is 15.7 Å². The van der Waals surface area contributed by atoms with Gasteiger partial charge in [0.05, 0.1) is 6.61 Å². The molecule has 1 aromatic carbocycles. The second-order valence-electron chi connectivity index (χ2n) is 4.54. The van der Waals surface area contributed by atoms with Gasteiger partial charge in [0.1, 0.15) is 5.82 Å². The van der Waals surface area contributed by atoms with E-state index in [0.29, 0.717) is 24.1 Å². The van der Waals surface area contributed by atoms with Crippen LogP contribution in [0, 0.1) is 17.7 Å². The number of carbonyl (C=O) groups excluding carboxylic acids is 1. The molecule has 0 spiro atoms. The minimum Gasteiger partial charge on any atom is -0.395 e. The van der Waals surface area contributed by atoms with Crippen LogP contribution in [0.15, 0.2) is 18.2 Å². The van der Waals surface area contributed by atoms with Crippen molar-refractivity contribution in [3.05, 3.63) is 35.1 Å². The first-order chi connectivity index (χ1) is 10.2. The quantitative estimate of drug-likeness (QED) is 0.556. The summed E-state index contributed by atoms with van der Waals surface area (Å²) in [5.74, 6) is 5.23. The third-order valence-electron chi connectivity index (χ3n) is 2.77. The maximum absolute atomic E-state index is 13.7. The Bertz CT molecular complexity index is 521. The molecule has 0 radical (unpaired) electrons. The highest BCUT2D eigenvalue weighted by Crippen LogP contribution is 2.09. The molecule has 3 N–H and O–H groups in total. The number of rotatable bonds is 6. The molecule has 1 rings (SSSR count). The Kier molecular flexibility index (Phi) is 7.92. The number of hydrogen-bond donors (Lipinski definition) is 3. The number of hydrogen-bond acceptors (Lipinski definition) is 2.